The van der Waals surface area contributed by atoms with E-state index in [-0.39, 0.29) is 26.8 Å². The topological polar surface area (TPSA) is 69.7 Å². The molecule has 152 valence electrons. The Morgan fingerprint density at radius 3 is 2.55 bits per heavy atom. The maximum Gasteiger partial charge on any atom is 0.337 e. The van der Waals surface area contributed by atoms with Crippen molar-refractivity contribution in [1.29, 1.82) is 0 Å². The SMILES string of the molecule is COC(=O)c1cc(Cl)c(OC)c(S(=O)(=O)Cc2cc(-c3cccs3)ccc2F)c1. The minimum absolute atomic E-state index is 0.00227. The van der Waals surface area contributed by atoms with Crippen LogP contribution in [0.3, 0.4) is 0 Å². The van der Waals surface area contributed by atoms with Crippen molar-refractivity contribution in [1.82, 2.24) is 0 Å². The van der Waals surface area contributed by atoms with E-state index < -0.39 is 27.4 Å². The van der Waals surface area contributed by atoms with Crippen LogP contribution >= 0.6 is 22.9 Å². The second kappa shape index (κ2) is 8.52. The molecule has 0 saturated carbocycles. The number of hydrogen-bond donors (Lipinski definition) is 0. The Morgan fingerprint density at radius 1 is 1.17 bits per heavy atom. The molecule has 1 aromatic heterocycles. The highest BCUT2D eigenvalue weighted by Gasteiger charge is 2.26. The molecule has 9 heteroatoms. The van der Waals surface area contributed by atoms with Gasteiger partial charge in [-0.1, -0.05) is 23.7 Å². The van der Waals surface area contributed by atoms with Crippen molar-refractivity contribution in [3.63, 3.8) is 0 Å². The molecule has 0 atom stereocenters. The molecule has 0 amide bonds. The molecular formula is C20H16ClFO5S2. The fraction of sp³-hybridized carbons (Fsp3) is 0.150. The third-order valence-electron chi connectivity index (χ3n) is 4.17. The molecule has 5 nitrogen and oxygen atoms in total. The van der Waals surface area contributed by atoms with Gasteiger partial charge >= 0.3 is 5.97 Å². The Labute approximate surface area is 176 Å². The minimum atomic E-state index is -4.10. The predicted octanol–water partition coefficient (Wildman–Crippen LogP) is 4.98. The first-order valence-corrected chi connectivity index (χ1v) is 11.2. The molecule has 0 aliphatic rings. The van der Waals surface area contributed by atoms with Crippen LogP contribution in [0.2, 0.25) is 5.02 Å². The van der Waals surface area contributed by atoms with E-state index in [1.54, 1.807) is 6.07 Å². The van der Waals surface area contributed by atoms with E-state index in [1.807, 2.05) is 17.5 Å². The Hall–Kier alpha value is -2.42. The zero-order chi connectivity index (χ0) is 21.2. The number of carbonyl (C=O) groups is 1. The van der Waals surface area contributed by atoms with Crippen LogP contribution in [0, 0.1) is 5.82 Å². The first-order chi connectivity index (χ1) is 13.8. The number of rotatable bonds is 6. The lowest BCUT2D eigenvalue weighted by molar-refractivity contribution is 0.0600. The second-order valence-corrected chi connectivity index (χ2v) is 9.34. The van der Waals surface area contributed by atoms with Gasteiger partial charge in [0.05, 0.1) is 30.6 Å². The molecule has 0 radical (unpaired) electrons. The van der Waals surface area contributed by atoms with Gasteiger partial charge in [-0.15, -0.1) is 11.3 Å². The molecule has 0 saturated heterocycles. The van der Waals surface area contributed by atoms with Gasteiger partial charge in [0.2, 0.25) is 0 Å². The highest BCUT2D eigenvalue weighted by molar-refractivity contribution is 7.90. The Morgan fingerprint density at radius 2 is 1.93 bits per heavy atom. The summed E-state index contributed by atoms with van der Waals surface area (Å²) in [5.74, 6) is -2.15. The highest BCUT2D eigenvalue weighted by Crippen LogP contribution is 2.36. The average Bonchev–Trinajstić information content (AvgIpc) is 3.23. The van der Waals surface area contributed by atoms with Gasteiger partial charge in [0.1, 0.15) is 10.7 Å². The monoisotopic (exact) mass is 454 g/mol. The fourth-order valence-corrected chi connectivity index (χ4v) is 5.44. The van der Waals surface area contributed by atoms with Crippen molar-refractivity contribution >= 4 is 38.7 Å². The lowest BCUT2D eigenvalue weighted by atomic mass is 10.1. The van der Waals surface area contributed by atoms with E-state index in [0.29, 0.717) is 5.56 Å². The van der Waals surface area contributed by atoms with E-state index in [2.05, 4.69) is 4.74 Å². The molecule has 0 aliphatic carbocycles. The highest BCUT2D eigenvalue weighted by atomic mass is 35.5. The summed E-state index contributed by atoms with van der Waals surface area (Å²) in [5, 5.41) is 1.81. The normalized spacial score (nSPS) is 11.3. The van der Waals surface area contributed by atoms with Crippen LogP contribution in [0.25, 0.3) is 10.4 Å². The Kier molecular flexibility index (Phi) is 6.26. The third kappa shape index (κ3) is 4.44. The quantitative estimate of drug-likeness (QED) is 0.491. The smallest absolute Gasteiger partial charge is 0.337 e. The maximum absolute atomic E-state index is 14.4. The summed E-state index contributed by atoms with van der Waals surface area (Å²) < 4.78 is 50.3. The van der Waals surface area contributed by atoms with Crippen LogP contribution in [0.15, 0.2) is 52.7 Å². The van der Waals surface area contributed by atoms with Crippen molar-refractivity contribution in [2.45, 2.75) is 10.6 Å². The van der Waals surface area contributed by atoms with Crippen LogP contribution in [-0.4, -0.2) is 28.6 Å². The van der Waals surface area contributed by atoms with Gasteiger partial charge in [-0.25, -0.2) is 17.6 Å². The van der Waals surface area contributed by atoms with Gasteiger partial charge in [0, 0.05) is 10.4 Å². The first kappa shape index (κ1) is 21.3. The molecule has 3 aromatic rings. The first-order valence-electron chi connectivity index (χ1n) is 8.27. The van der Waals surface area contributed by atoms with Crippen molar-refractivity contribution in [2.75, 3.05) is 14.2 Å². The summed E-state index contributed by atoms with van der Waals surface area (Å²) in [7, 11) is -1.68. The number of halogens is 2. The van der Waals surface area contributed by atoms with Crippen LogP contribution in [-0.2, 0) is 20.3 Å². The lowest BCUT2D eigenvalue weighted by Crippen LogP contribution is -2.11. The fourth-order valence-electron chi connectivity index (χ4n) is 2.80. The molecule has 0 unspecified atom stereocenters. The molecule has 2 aromatic carbocycles. The van der Waals surface area contributed by atoms with Crippen LogP contribution in [0.4, 0.5) is 4.39 Å². The van der Waals surface area contributed by atoms with E-state index >= 15 is 0 Å². The molecule has 3 rings (SSSR count). The van der Waals surface area contributed by atoms with Crippen LogP contribution < -0.4 is 4.74 Å². The molecule has 29 heavy (non-hydrogen) atoms. The number of ether oxygens (including phenoxy) is 2. The Balaban J connectivity index is 2.07. The zero-order valence-electron chi connectivity index (χ0n) is 15.4. The Bertz CT molecular complexity index is 1160. The standard InChI is InChI=1S/C20H16ClFO5S2/c1-26-19-15(21)9-13(20(23)27-2)10-18(19)29(24,25)11-14-8-12(5-6-16(14)22)17-4-3-7-28-17/h3-10H,11H2,1-2H3. The number of carbonyl (C=O) groups excluding carboxylic acids is 1. The second-order valence-electron chi connectivity index (χ2n) is 6.02. The van der Waals surface area contributed by atoms with Crippen LogP contribution in [0.1, 0.15) is 15.9 Å². The van der Waals surface area contributed by atoms with Gasteiger partial charge in [0.25, 0.3) is 0 Å². The largest absolute Gasteiger partial charge is 0.494 e. The number of benzene rings is 2. The van der Waals surface area contributed by atoms with Gasteiger partial charge in [-0.05, 0) is 41.3 Å². The van der Waals surface area contributed by atoms with Crippen LogP contribution in [0.5, 0.6) is 5.75 Å². The predicted molar refractivity (Wildman–Crippen MR) is 110 cm³/mol. The number of hydrogen-bond acceptors (Lipinski definition) is 6. The van der Waals surface area contributed by atoms with Gasteiger partial charge in [0.15, 0.2) is 15.6 Å². The van der Waals surface area contributed by atoms with E-state index in [4.69, 9.17) is 16.3 Å². The molecule has 0 N–H and O–H groups in total. The minimum Gasteiger partial charge on any atom is -0.494 e. The number of sulfone groups is 1. The van der Waals surface area contributed by atoms with Gasteiger partial charge < -0.3 is 9.47 Å². The van der Waals surface area contributed by atoms with Crippen molar-refractivity contribution < 1.29 is 27.1 Å². The summed E-state index contributed by atoms with van der Waals surface area (Å²) in [6.07, 6.45) is 0. The average molecular weight is 455 g/mol. The maximum atomic E-state index is 14.4. The number of thiophene rings is 1. The molecule has 0 aliphatic heterocycles. The van der Waals surface area contributed by atoms with E-state index in [0.717, 1.165) is 10.9 Å². The van der Waals surface area contributed by atoms with Gasteiger partial charge in [-0.2, -0.15) is 0 Å². The van der Waals surface area contributed by atoms with Crippen molar-refractivity contribution in [3.8, 4) is 16.2 Å². The molecule has 0 bridgehead atoms. The summed E-state index contributed by atoms with van der Waals surface area (Å²) in [5.41, 5.74) is 0.655. The van der Waals surface area contributed by atoms with E-state index in [9.17, 15) is 17.6 Å². The van der Waals surface area contributed by atoms with Gasteiger partial charge in [-0.3, -0.25) is 0 Å². The number of esters is 1. The summed E-state index contributed by atoms with van der Waals surface area (Å²) >= 11 is 7.56. The van der Waals surface area contributed by atoms with Crippen molar-refractivity contribution in [3.05, 3.63) is 69.8 Å². The lowest BCUT2D eigenvalue weighted by Gasteiger charge is -2.14. The third-order valence-corrected chi connectivity index (χ3v) is 7.03. The zero-order valence-corrected chi connectivity index (χ0v) is 17.8. The molecule has 0 fully saturated rings. The molecule has 0 spiro atoms. The number of methoxy groups -OCH3 is 2. The summed E-state index contributed by atoms with van der Waals surface area (Å²) in [4.78, 5) is 12.4. The van der Waals surface area contributed by atoms with Crippen molar-refractivity contribution in [2.24, 2.45) is 0 Å². The molecule has 1 heterocycles. The summed E-state index contributed by atoms with van der Waals surface area (Å²) in [6.45, 7) is 0. The summed E-state index contributed by atoms with van der Waals surface area (Å²) in [6, 6.07) is 10.4. The molecular weight excluding hydrogens is 439 g/mol. The van der Waals surface area contributed by atoms with E-state index in [1.165, 1.54) is 43.8 Å².